The Balaban J connectivity index is 1.97. The second kappa shape index (κ2) is 5.25. The maximum Gasteiger partial charge on any atom is 0.262 e. The number of nitrogens with one attached hydrogen (secondary N) is 2. The van der Waals surface area contributed by atoms with E-state index in [1.165, 1.54) is 0 Å². The molecule has 0 saturated heterocycles. The average molecular weight is 352 g/mol. The summed E-state index contributed by atoms with van der Waals surface area (Å²) in [6.45, 7) is 0. The molecule has 0 aliphatic carbocycles. The number of rotatable bonds is 2. The van der Waals surface area contributed by atoms with Crippen molar-refractivity contribution in [3.63, 3.8) is 0 Å². The second-order valence-corrected chi connectivity index (χ2v) is 5.23. The first-order valence-corrected chi connectivity index (χ1v) is 6.74. The van der Waals surface area contributed by atoms with E-state index in [1.54, 1.807) is 24.3 Å². The van der Waals surface area contributed by atoms with Crippen LogP contribution in [0.2, 0.25) is 0 Å². The van der Waals surface area contributed by atoms with E-state index in [1.807, 2.05) is 0 Å². The summed E-state index contributed by atoms with van der Waals surface area (Å²) < 4.78 is 27.7. The van der Waals surface area contributed by atoms with Gasteiger partial charge in [0.05, 0.1) is 5.52 Å². The molecule has 0 spiro atoms. The molecule has 2 N–H and O–H groups in total. The Bertz CT molecular complexity index is 824. The van der Waals surface area contributed by atoms with Gasteiger partial charge in [0.25, 0.3) is 5.91 Å². The second-order valence-electron chi connectivity index (χ2n) is 4.32. The molecule has 1 heterocycles. The third-order valence-corrected chi connectivity index (χ3v) is 3.39. The number of aromatic amines is 1. The lowest BCUT2D eigenvalue weighted by atomic mass is 10.2. The van der Waals surface area contributed by atoms with Gasteiger partial charge in [-0.3, -0.25) is 9.89 Å². The molecular weight excluding hydrogens is 344 g/mol. The molecule has 0 atom stereocenters. The molecular formula is C14H8BrF2N3O. The Morgan fingerprint density at radius 2 is 1.86 bits per heavy atom. The van der Waals surface area contributed by atoms with Crippen molar-refractivity contribution in [2.75, 3.05) is 5.32 Å². The number of anilines is 1. The first kappa shape index (κ1) is 13.7. The molecule has 2 aromatic carbocycles. The summed E-state index contributed by atoms with van der Waals surface area (Å²) in [5, 5.41) is 9.71. The highest BCUT2D eigenvalue weighted by molar-refractivity contribution is 9.10. The zero-order valence-electron chi connectivity index (χ0n) is 10.5. The Kier molecular flexibility index (Phi) is 3.42. The van der Waals surface area contributed by atoms with E-state index in [9.17, 15) is 13.6 Å². The van der Waals surface area contributed by atoms with E-state index in [2.05, 4.69) is 31.4 Å². The minimum Gasteiger partial charge on any atom is -0.304 e. The number of benzene rings is 2. The maximum atomic E-state index is 13.7. The van der Waals surface area contributed by atoms with Crippen molar-refractivity contribution in [1.82, 2.24) is 10.2 Å². The number of hydrogen-bond donors (Lipinski definition) is 2. The number of hydrogen-bond acceptors (Lipinski definition) is 2. The van der Waals surface area contributed by atoms with Gasteiger partial charge in [0.1, 0.15) is 17.2 Å². The smallest absolute Gasteiger partial charge is 0.262 e. The number of fused-ring (bicyclic) bond motifs is 1. The summed E-state index contributed by atoms with van der Waals surface area (Å²) >= 11 is 2.96. The van der Waals surface area contributed by atoms with Crippen LogP contribution in [0.25, 0.3) is 10.9 Å². The van der Waals surface area contributed by atoms with Crippen molar-refractivity contribution in [2.45, 2.75) is 0 Å². The van der Waals surface area contributed by atoms with Crippen LogP contribution in [0, 0.1) is 11.6 Å². The molecule has 7 heteroatoms. The van der Waals surface area contributed by atoms with Crippen molar-refractivity contribution in [3.8, 4) is 0 Å². The number of halogens is 3. The summed E-state index contributed by atoms with van der Waals surface area (Å²) in [6, 6.07) is 9.15. The van der Waals surface area contributed by atoms with E-state index < -0.39 is 23.1 Å². The minimum atomic E-state index is -0.945. The van der Waals surface area contributed by atoms with Gasteiger partial charge in [-0.05, 0) is 24.3 Å². The Morgan fingerprint density at radius 1 is 1.19 bits per heavy atom. The van der Waals surface area contributed by atoms with E-state index in [0.717, 1.165) is 12.1 Å². The van der Waals surface area contributed by atoms with Crippen LogP contribution in [0.5, 0.6) is 0 Å². The first-order valence-electron chi connectivity index (χ1n) is 5.95. The van der Waals surface area contributed by atoms with Crippen LogP contribution in [0.3, 0.4) is 0 Å². The van der Waals surface area contributed by atoms with E-state index in [0.29, 0.717) is 10.9 Å². The van der Waals surface area contributed by atoms with E-state index in [-0.39, 0.29) is 10.3 Å². The number of carbonyl (C=O) groups excluding carboxylic acids is 1. The molecule has 106 valence electrons. The molecule has 3 aromatic rings. The summed E-state index contributed by atoms with van der Waals surface area (Å²) in [5.74, 6) is -2.56. The molecule has 0 bridgehead atoms. The van der Waals surface area contributed by atoms with Gasteiger partial charge >= 0.3 is 0 Å². The highest BCUT2D eigenvalue weighted by Gasteiger charge is 2.20. The van der Waals surface area contributed by atoms with Crippen LogP contribution in [-0.4, -0.2) is 16.1 Å². The fourth-order valence-corrected chi connectivity index (χ4v) is 2.39. The minimum absolute atomic E-state index is 0.220. The van der Waals surface area contributed by atoms with Crippen LogP contribution < -0.4 is 5.32 Å². The highest BCUT2D eigenvalue weighted by atomic mass is 79.9. The zero-order valence-corrected chi connectivity index (χ0v) is 12.0. The molecule has 0 unspecified atom stereocenters. The van der Waals surface area contributed by atoms with Crippen molar-refractivity contribution in [3.05, 3.63) is 58.1 Å². The highest BCUT2D eigenvalue weighted by Crippen LogP contribution is 2.23. The molecule has 0 saturated carbocycles. The Hall–Kier alpha value is -2.28. The molecule has 0 aliphatic rings. The van der Waals surface area contributed by atoms with Gasteiger partial charge in [0, 0.05) is 9.86 Å². The van der Waals surface area contributed by atoms with Crippen LogP contribution in [0.15, 0.2) is 40.9 Å². The topological polar surface area (TPSA) is 57.8 Å². The van der Waals surface area contributed by atoms with Gasteiger partial charge < -0.3 is 5.32 Å². The van der Waals surface area contributed by atoms with Crippen molar-refractivity contribution < 1.29 is 13.6 Å². The van der Waals surface area contributed by atoms with Gasteiger partial charge in [-0.15, -0.1) is 0 Å². The average Bonchev–Trinajstić information content (AvgIpc) is 2.81. The van der Waals surface area contributed by atoms with Crippen molar-refractivity contribution in [2.24, 2.45) is 0 Å². The van der Waals surface area contributed by atoms with Crippen LogP contribution >= 0.6 is 15.9 Å². The molecule has 0 aliphatic heterocycles. The van der Waals surface area contributed by atoms with Gasteiger partial charge in [0.2, 0.25) is 0 Å². The number of H-pyrrole nitrogens is 1. The van der Waals surface area contributed by atoms with Crippen LogP contribution in [-0.2, 0) is 0 Å². The first-order chi connectivity index (χ1) is 10.1. The Morgan fingerprint density at radius 3 is 2.57 bits per heavy atom. The molecule has 0 radical (unpaired) electrons. The normalized spacial score (nSPS) is 10.8. The van der Waals surface area contributed by atoms with Crippen LogP contribution in [0.1, 0.15) is 10.4 Å². The van der Waals surface area contributed by atoms with Crippen molar-refractivity contribution >= 4 is 38.6 Å². The predicted octanol–water partition coefficient (Wildman–Crippen LogP) is 3.86. The lowest BCUT2D eigenvalue weighted by Crippen LogP contribution is -2.16. The molecule has 0 fully saturated rings. The van der Waals surface area contributed by atoms with Gasteiger partial charge in [0.15, 0.2) is 5.82 Å². The van der Waals surface area contributed by atoms with Gasteiger partial charge in [-0.2, -0.15) is 5.10 Å². The maximum absolute atomic E-state index is 13.7. The Labute approximate surface area is 126 Å². The molecule has 1 amide bonds. The van der Waals surface area contributed by atoms with Crippen LogP contribution in [0.4, 0.5) is 14.6 Å². The lowest BCUT2D eigenvalue weighted by Gasteiger charge is -2.06. The van der Waals surface area contributed by atoms with E-state index >= 15 is 0 Å². The molecule has 21 heavy (non-hydrogen) atoms. The quantitative estimate of drug-likeness (QED) is 0.736. The SMILES string of the molecule is O=C(Nc1n[nH]c2ccccc12)c1c(F)cc(Br)cc1F. The number of carbonyl (C=O) groups is 1. The largest absolute Gasteiger partial charge is 0.304 e. The monoisotopic (exact) mass is 351 g/mol. The number of para-hydroxylation sites is 1. The zero-order chi connectivity index (χ0) is 15.0. The standard InChI is InChI=1S/C14H8BrF2N3O/c15-7-5-9(16)12(10(17)6-7)14(21)18-13-8-3-1-2-4-11(8)19-20-13/h1-6H,(H2,18,19,20,21). The summed E-state index contributed by atoms with van der Waals surface area (Å²) in [4.78, 5) is 12.0. The molecule has 1 aromatic heterocycles. The summed E-state index contributed by atoms with van der Waals surface area (Å²) in [6.07, 6.45) is 0. The van der Waals surface area contributed by atoms with Gasteiger partial charge in [-0.1, -0.05) is 28.1 Å². The molecule has 4 nitrogen and oxygen atoms in total. The van der Waals surface area contributed by atoms with Gasteiger partial charge in [-0.25, -0.2) is 8.78 Å². The fourth-order valence-electron chi connectivity index (χ4n) is 1.99. The summed E-state index contributed by atoms with van der Waals surface area (Å²) in [7, 11) is 0. The summed E-state index contributed by atoms with van der Waals surface area (Å²) in [5.41, 5.74) is 0.0647. The predicted molar refractivity (Wildman–Crippen MR) is 78.1 cm³/mol. The number of amides is 1. The molecule has 3 rings (SSSR count). The van der Waals surface area contributed by atoms with E-state index in [4.69, 9.17) is 0 Å². The number of nitrogens with zero attached hydrogens (tertiary/aromatic N) is 1. The third-order valence-electron chi connectivity index (χ3n) is 2.94. The fraction of sp³-hybridized carbons (Fsp3) is 0. The van der Waals surface area contributed by atoms with Crippen molar-refractivity contribution in [1.29, 1.82) is 0 Å². The lowest BCUT2D eigenvalue weighted by molar-refractivity contribution is 0.101. The number of aromatic nitrogens is 2. The third kappa shape index (κ3) is 2.52.